The molecule has 2 heterocycles. The maximum Gasteiger partial charge on any atom is 0.224 e. The van der Waals surface area contributed by atoms with Crippen molar-refractivity contribution in [3.05, 3.63) is 70.9 Å². The highest BCUT2D eigenvalue weighted by atomic mass is 32.1. The summed E-state index contributed by atoms with van der Waals surface area (Å²) in [7, 11) is 0. The number of carbonyl (C=O) groups excluding carboxylic acids is 1. The van der Waals surface area contributed by atoms with Gasteiger partial charge in [-0.3, -0.25) is 9.69 Å². The highest BCUT2D eigenvalue weighted by molar-refractivity contribution is 7.08. The van der Waals surface area contributed by atoms with Crippen molar-refractivity contribution in [3.8, 4) is 17.2 Å². The van der Waals surface area contributed by atoms with Crippen molar-refractivity contribution in [1.82, 2.24) is 4.90 Å². The van der Waals surface area contributed by atoms with Gasteiger partial charge in [-0.2, -0.15) is 16.6 Å². The lowest BCUT2D eigenvalue weighted by atomic mass is 10.1. The van der Waals surface area contributed by atoms with Crippen LogP contribution in [-0.2, 0) is 4.79 Å². The quantitative estimate of drug-likeness (QED) is 0.484. The molecule has 0 spiro atoms. The van der Waals surface area contributed by atoms with Gasteiger partial charge in [0.2, 0.25) is 5.91 Å². The number of para-hydroxylation sites is 1. The van der Waals surface area contributed by atoms with E-state index in [-0.39, 0.29) is 5.91 Å². The Kier molecular flexibility index (Phi) is 7.55. The molecule has 1 saturated heterocycles. The lowest BCUT2D eigenvalue weighted by molar-refractivity contribution is -0.116. The van der Waals surface area contributed by atoms with Gasteiger partial charge < -0.3 is 10.2 Å². The van der Waals surface area contributed by atoms with Gasteiger partial charge >= 0.3 is 0 Å². The van der Waals surface area contributed by atoms with Gasteiger partial charge in [0, 0.05) is 38.3 Å². The van der Waals surface area contributed by atoms with Crippen LogP contribution in [0.5, 0.6) is 0 Å². The molecule has 0 bridgehead atoms. The molecule has 4 rings (SSSR count). The molecule has 1 aliphatic rings. The average Bonchev–Trinajstić information content (AvgIpc) is 3.38. The number of amides is 1. The van der Waals surface area contributed by atoms with Crippen molar-refractivity contribution in [3.63, 3.8) is 0 Å². The minimum atomic E-state index is 0.0752. The number of hydrogen-bond donors (Lipinski definition) is 1. The topological polar surface area (TPSA) is 59.4 Å². The Morgan fingerprint density at radius 2 is 1.75 bits per heavy atom. The summed E-state index contributed by atoms with van der Waals surface area (Å²) in [6.07, 6.45) is 2.44. The predicted molar refractivity (Wildman–Crippen MR) is 132 cm³/mol. The molecule has 0 atom stereocenters. The summed E-state index contributed by atoms with van der Waals surface area (Å²) >= 11 is 1.68. The van der Waals surface area contributed by atoms with Gasteiger partial charge in [-0.05, 0) is 71.6 Å². The van der Waals surface area contributed by atoms with E-state index in [1.54, 1.807) is 11.3 Å². The highest BCUT2D eigenvalue weighted by Crippen LogP contribution is 2.24. The molecule has 0 radical (unpaired) electrons. The molecule has 1 aromatic heterocycles. The third-order valence-electron chi connectivity index (χ3n) is 5.89. The molecule has 0 aliphatic carbocycles. The third-order valence-corrected chi connectivity index (χ3v) is 6.57. The fourth-order valence-corrected chi connectivity index (χ4v) is 4.74. The number of piperazine rings is 1. The molecular formula is C26H28N4OS. The predicted octanol–water partition coefficient (Wildman–Crippen LogP) is 5.22. The number of thiophene rings is 1. The van der Waals surface area contributed by atoms with Crippen molar-refractivity contribution in [2.45, 2.75) is 19.3 Å². The molecule has 164 valence electrons. The van der Waals surface area contributed by atoms with Crippen LogP contribution in [0, 0.1) is 11.3 Å². The number of anilines is 2. The Balaban J connectivity index is 1.14. The summed E-state index contributed by atoms with van der Waals surface area (Å²) in [5, 5.41) is 16.5. The third kappa shape index (κ3) is 5.76. The molecule has 3 aromatic rings. The standard InChI is InChI=1S/C26H28N4OS/c27-19-22-5-1-2-6-25(22)30-16-14-29(15-17-30)13-4-3-7-26(31)28-24-10-8-21(9-11-24)23-12-18-32-20-23/h1-2,5-6,8-12,18,20H,3-4,7,13-17H2,(H,28,31). The molecule has 1 aliphatic heterocycles. The van der Waals surface area contributed by atoms with Crippen LogP contribution < -0.4 is 10.2 Å². The fourth-order valence-electron chi connectivity index (χ4n) is 4.08. The number of hydrogen-bond acceptors (Lipinski definition) is 5. The Hall–Kier alpha value is -3.14. The van der Waals surface area contributed by atoms with Gasteiger partial charge in [0.1, 0.15) is 6.07 Å². The van der Waals surface area contributed by atoms with Crippen LogP contribution in [0.3, 0.4) is 0 Å². The van der Waals surface area contributed by atoms with E-state index in [0.29, 0.717) is 6.42 Å². The first-order valence-electron chi connectivity index (χ1n) is 11.1. The number of nitriles is 1. The van der Waals surface area contributed by atoms with E-state index in [1.165, 1.54) is 11.1 Å². The fraction of sp³-hybridized carbons (Fsp3) is 0.308. The van der Waals surface area contributed by atoms with Crippen LogP contribution in [0.15, 0.2) is 65.4 Å². The average molecular weight is 445 g/mol. The zero-order chi connectivity index (χ0) is 22.2. The first kappa shape index (κ1) is 22.1. The Labute approximate surface area is 193 Å². The zero-order valence-corrected chi connectivity index (χ0v) is 19.0. The molecule has 0 saturated carbocycles. The van der Waals surface area contributed by atoms with Crippen LogP contribution >= 0.6 is 11.3 Å². The van der Waals surface area contributed by atoms with E-state index in [1.807, 2.05) is 48.5 Å². The van der Waals surface area contributed by atoms with E-state index < -0.39 is 0 Å². The SMILES string of the molecule is N#Cc1ccccc1N1CCN(CCCCC(=O)Nc2ccc(-c3ccsc3)cc2)CC1. The van der Waals surface area contributed by atoms with E-state index in [4.69, 9.17) is 0 Å². The van der Waals surface area contributed by atoms with E-state index >= 15 is 0 Å². The summed E-state index contributed by atoms with van der Waals surface area (Å²) in [6, 6.07) is 20.2. The molecule has 0 unspecified atom stereocenters. The van der Waals surface area contributed by atoms with Crippen molar-refractivity contribution < 1.29 is 4.79 Å². The van der Waals surface area contributed by atoms with Gasteiger partial charge in [-0.1, -0.05) is 24.3 Å². The molecule has 5 nitrogen and oxygen atoms in total. The number of rotatable bonds is 8. The van der Waals surface area contributed by atoms with Crippen molar-refractivity contribution >= 4 is 28.6 Å². The molecule has 2 aromatic carbocycles. The van der Waals surface area contributed by atoms with Gasteiger partial charge in [0.15, 0.2) is 0 Å². The number of benzene rings is 2. The monoisotopic (exact) mass is 444 g/mol. The minimum absolute atomic E-state index is 0.0752. The van der Waals surface area contributed by atoms with Gasteiger partial charge in [-0.15, -0.1) is 0 Å². The number of nitrogens with one attached hydrogen (secondary N) is 1. The normalized spacial score (nSPS) is 14.2. The molecule has 1 amide bonds. The van der Waals surface area contributed by atoms with E-state index in [0.717, 1.165) is 62.5 Å². The van der Waals surface area contributed by atoms with Gasteiger partial charge in [0.25, 0.3) is 0 Å². The smallest absolute Gasteiger partial charge is 0.224 e. The van der Waals surface area contributed by atoms with Crippen LogP contribution in [0.2, 0.25) is 0 Å². The lowest BCUT2D eigenvalue weighted by Crippen LogP contribution is -2.46. The van der Waals surface area contributed by atoms with Gasteiger partial charge in [0.05, 0.1) is 11.3 Å². The van der Waals surface area contributed by atoms with Crippen molar-refractivity contribution in [1.29, 1.82) is 5.26 Å². The first-order chi connectivity index (χ1) is 15.7. The highest BCUT2D eigenvalue weighted by Gasteiger charge is 2.18. The number of carbonyl (C=O) groups is 1. The van der Waals surface area contributed by atoms with Gasteiger partial charge in [-0.25, -0.2) is 0 Å². The Morgan fingerprint density at radius 3 is 2.47 bits per heavy atom. The van der Waals surface area contributed by atoms with E-state index in [9.17, 15) is 10.1 Å². The molecule has 6 heteroatoms. The van der Waals surface area contributed by atoms with Crippen LogP contribution in [0.25, 0.3) is 11.1 Å². The zero-order valence-electron chi connectivity index (χ0n) is 18.2. The molecule has 1 N–H and O–H groups in total. The number of nitrogens with zero attached hydrogens (tertiary/aromatic N) is 3. The van der Waals surface area contributed by atoms with E-state index in [2.05, 4.69) is 38.0 Å². The van der Waals surface area contributed by atoms with Crippen LogP contribution in [-0.4, -0.2) is 43.5 Å². The first-order valence-corrected chi connectivity index (χ1v) is 12.1. The Morgan fingerprint density at radius 1 is 0.969 bits per heavy atom. The second-order valence-corrected chi connectivity index (χ2v) is 8.83. The van der Waals surface area contributed by atoms with Crippen molar-refractivity contribution in [2.75, 3.05) is 42.9 Å². The second kappa shape index (κ2) is 10.9. The minimum Gasteiger partial charge on any atom is -0.368 e. The summed E-state index contributed by atoms with van der Waals surface area (Å²) in [6.45, 7) is 4.85. The summed E-state index contributed by atoms with van der Waals surface area (Å²) in [4.78, 5) is 17.0. The maximum atomic E-state index is 12.3. The Bertz CT molecular complexity index is 1050. The summed E-state index contributed by atoms with van der Waals surface area (Å²) in [5.74, 6) is 0.0752. The van der Waals surface area contributed by atoms with Crippen LogP contribution in [0.4, 0.5) is 11.4 Å². The van der Waals surface area contributed by atoms with Crippen molar-refractivity contribution in [2.24, 2.45) is 0 Å². The maximum absolute atomic E-state index is 12.3. The second-order valence-electron chi connectivity index (χ2n) is 8.05. The molecular weight excluding hydrogens is 416 g/mol. The number of unbranched alkanes of at least 4 members (excludes halogenated alkanes) is 1. The van der Waals surface area contributed by atoms with Crippen LogP contribution in [0.1, 0.15) is 24.8 Å². The molecule has 1 fully saturated rings. The largest absolute Gasteiger partial charge is 0.368 e. The summed E-state index contributed by atoms with van der Waals surface area (Å²) < 4.78 is 0. The molecule has 32 heavy (non-hydrogen) atoms. The summed E-state index contributed by atoms with van der Waals surface area (Å²) in [5.41, 5.74) is 5.01. The lowest BCUT2D eigenvalue weighted by Gasteiger charge is -2.36.